The standard InChI is InChI=1S/C34H35N9O3/c1-34(2)12-21-10-29-33(45)42(8-7-41(29)30(21)13-34)31-27(17-44)26(3-4-35-31)22-9-28(32-36-20-37-43(32)14-22)38-23-11-24-16-40(25-18-46-19-25)6-5-39(24)15-23/h3-4,7-11,14-15,20,25,38,44H,5-6,12-13,16-19H2,1-2H3. The van der Waals surface area contributed by atoms with Crippen LogP contribution in [0.5, 0.6) is 0 Å². The van der Waals surface area contributed by atoms with Gasteiger partial charge < -0.3 is 24.1 Å². The van der Waals surface area contributed by atoms with E-state index in [1.165, 1.54) is 23.3 Å². The van der Waals surface area contributed by atoms with Gasteiger partial charge >= 0.3 is 0 Å². The molecular weight excluding hydrogens is 582 g/mol. The van der Waals surface area contributed by atoms with Gasteiger partial charge in [0.15, 0.2) is 5.65 Å². The Balaban J connectivity index is 1.09. The lowest BCUT2D eigenvalue weighted by Crippen LogP contribution is -2.51. The van der Waals surface area contributed by atoms with E-state index >= 15 is 0 Å². The van der Waals surface area contributed by atoms with E-state index in [4.69, 9.17) is 4.74 Å². The fourth-order valence-electron chi connectivity index (χ4n) is 7.50. The maximum atomic E-state index is 13.8. The van der Waals surface area contributed by atoms with E-state index in [-0.39, 0.29) is 17.6 Å². The number of fused-ring (bicyclic) bond motifs is 5. The number of nitrogens with one attached hydrogen (secondary N) is 1. The van der Waals surface area contributed by atoms with Crippen LogP contribution >= 0.6 is 0 Å². The molecule has 0 radical (unpaired) electrons. The fraction of sp³-hybridized carbons (Fsp3) is 0.353. The molecule has 1 aliphatic carbocycles. The SMILES string of the molecule is CC1(C)Cc2cc3c(=O)n(-c4nccc(-c5cc(Nc6cc7n(c6)CCN(C6COC6)C7)c6ncnn6c5)c4CO)ccn3c2C1. The first-order valence-electron chi connectivity index (χ1n) is 15.8. The van der Waals surface area contributed by atoms with E-state index in [0.29, 0.717) is 28.6 Å². The highest BCUT2D eigenvalue weighted by atomic mass is 16.5. The zero-order valence-corrected chi connectivity index (χ0v) is 25.8. The van der Waals surface area contributed by atoms with Crippen molar-refractivity contribution < 1.29 is 9.84 Å². The maximum absolute atomic E-state index is 13.8. The summed E-state index contributed by atoms with van der Waals surface area (Å²) >= 11 is 0. The summed E-state index contributed by atoms with van der Waals surface area (Å²) in [6, 6.07) is 8.59. The van der Waals surface area contributed by atoms with Crippen molar-refractivity contribution in [3.63, 3.8) is 0 Å². The van der Waals surface area contributed by atoms with E-state index in [1.807, 2.05) is 35.0 Å². The Kier molecular flexibility index (Phi) is 6.05. The Morgan fingerprint density at radius 3 is 2.80 bits per heavy atom. The highest BCUT2D eigenvalue weighted by molar-refractivity contribution is 5.81. The molecule has 46 heavy (non-hydrogen) atoms. The number of anilines is 2. The summed E-state index contributed by atoms with van der Waals surface area (Å²) < 4.78 is 13.0. The van der Waals surface area contributed by atoms with Crippen LogP contribution in [0.1, 0.15) is 36.4 Å². The monoisotopic (exact) mass is 617 g/mol. The van der Waals surface area contributed by atoms with Crippen LogP contribution in [0.4, 0.5) is 11.4 Å². The first-order chi connectivity index (χ1) is 22.3. The largest absolute Gasteiger partial charge is 0.392 e. The predicted molar refractivity (Wildman–Crippen MR) is 173 cm³/mol. The minimum Gasteiger partial charge on any atom is -0.392 e. The molecule has 2 aliphatic heterocycles. The first kappa shape index (κ1) is 27.5. The summed E-state index contributed by atoms with van der Waals surface area (Å²) in [5.74, 6) is 0.406. The third kappa shape index (κ3) is 4.32. The van der Waals surface area contributed by atoms with Crippen molar-refractivity contribution in [2.75, 3.05) is 25.1 Å². The van der Waals surface area contributed by atoms with Gasteiger partial charge in [-0.25, -0.2) is 14.5 Å². The van der Waals surface area contributed by atoms with Crippen molar-refractivity contribution in [3.05, 3.63) is 94.4 Å². The van der Waals surface area contributed by atoms with E-state index in [2.05, 4.69) is 56.0 Å². The van der Waals surface area contributed by atoms with Crippen LogP contribution in [0.15, 0.2) is 66.4 Å². The van der Waals surface area contributed by atoms with E-state index in [0.717, 1.165) is 68.2 Å². The van der Waals surface area contributed by atoms with E-state index in [1.54, 1.807) is 21.5 Å². The number of rotatable bonds is 6. The smallest absolute Gasteiger partial charge is 0.280 e. The lowest BCUT2D eigenvalue weighted by Gasteiger charge is -2.39. The average molecular weight is 618 g/mol. The third-order valence-corrected chi connectivity index (χ3v) is 9.85. The van der Waals surface area contributed by atoms with Crippen molar-refractivity contribution in [2.24, 2.45) is 5.41 Å². The van der Waals surface area contributed by atoms with Gasteiger partial charge in [0, 0.05) is 73.1 Å². The number of nitrogens with zero attached hydrogens (tertiary/aromatic N) is 8. The van der Waals surface area contributed by atoms with E-state index < -0.39 is 0 Å². The van der Waals surface area contributed by atoms with Crippen LogP contribution in [-0.4, -0.2) is 68.9 Å². The molecule has 0 bridgehead atoms. The van der Waals surface area contributed by atoms with Gasteiger partial charge in [-0.05, 0) is 53.6 Å². The average Bonchev–Trinajstić information content (AvgIpc) is 3.78. The Hall–Kier alpha value is -4.78. The van der Waals surface area contributed by atoms with Crippen molar-refractivity contribution in [2.45, 2.75) is 52.4 Å². The minimum atomic E-state index is -0.297. The summed E-state index contributed by atoms with van der Waals surface area (Å²) in [5.41, 5.74) is 8.90. The molecule has 9 rings (SSSR count). The molecule has 0 aromatic carbocycles. The molecular formula is C34H35N9O3. The van der Waals surface area contributed by atoms with Gasteiger partial charge in [0.05, 0.1) is 37.2 Å². The molecule has 234 valence electrons. The Morgan fingerprint density at radius 2 is 1.98 bits per heavy atom. The van der Waals surface area contributed by atoms with Crippen LogP contribution in [-0.2, 0) is 37.3 Å². The van der Waals surface area contributed by atoms with Crippen LogP contribution in [0.2, 0.25) is 0 Å². The highest BCUT2D eigenvalue weighted by Crippen LogP contribution is 2.38. The summed E-state index contributed by atoms with van der Waals surface area (Å²) in [4.78, 5) is 25.4. The molecule has 0 atom stereocenters. The van der Waals surface area contributed by atoms with Crippen LogP contribution in [0.25, 0.3) is 28.1 Å². The van der Waals surface area contributed by atoms with Gasteiger partial charge in [0.25, 0.3) is 5.56 Å². The zero-order valence-electron chi connectivity index (χ0n) is 25.8. The van der Waals surface area contributed by atoms with Crippen LogP contribution < -0.4 is 10.9 Å². The molecule has 6 aromatic heterocycles. The second kappa shape index (κ2) is 10.1. The highest BCUT2D eigenvalue weighted by Gasteiger charge is 2.32. The second-order valence-corrected chi connectivity index (χ2v) is 13.6. The molecule has 12 nitrogen and oxygen atoms in total. The van der Waals surface area contributed by atoms with Gasteiger partial charge in [0.2, 0.25) is 0 Å². The quantitative estimate of drug-likeness (QED) is 0.291. The lowest BCUT2D eigenvalue weighted by molar-refractivity contribution is -0.0729. The minimum absolute atomic E-state index is 0.163. The molecule has 0 amide bonds. The fourth-order valence-corrected chi connectivity index (χ4v) is 7.50. The van der Waals surface area contributed by atoms with Crippen molar-refractivity contribution in [3.8, 4) is 16.9 Å². The van der Waals surface area contributed by atoms with Gasteiger partial charge in [0.1, 0.15) is 17.7 Å². The van der Waals surface area contributed by atoms with Gasteiger partial charge in [-0.2, -0.15) is 5.10 Å². The van der Waals surface area contributed by atoms with Gasteiger partial charge in [-0.15, -0.1) is 0 Å². The number of hydrogen-bond acceptors (Lipinski definition) is 8. The van der Waals surface area contributed by atoms with Crippen molar-refractivity contribution >= 4 is 22.5 Å². The third-order valence-electron chi connectivity index (χ3n) is 9.85. The zero-order chi connectivity index (χ0) is 31.2. The molecule has 0 unspecified atom stereocenters. The molecule has 0 saturated carbocycles. The van der Waals surface area contributed by atoms with Crippen LogP contribution in [0, 0.1) is 5.41 Å². The summed E-state index contributed by atoms with van der Waals surface area (Å²) in [6.07, 6.45) is 12.8. The number of pyridine rings is 2. The van der Waals surface area contributed by atoms with Crippen molar-refractivity contribution in [1.82, 2.24) is 38.0 Å². The topological polar surface area (TPSA) is 119 Å². The Morgan fingerprint density at radius 1 is 1.09 bits per heavy atom. The number of aliphatic hydroxyl groups excluding tert-OH is 1. The van der Waals surface area contributed by atoms with Crippen LogP contribution in [0.3, 0.4) is 0 Å². The Bertz CT molecular complexity index is 2220. The van der Waals surface area contributed by atoms with Gasteiger partial charge in [-0.1, -0.05) is 13.8 Å². The second-order valence-electron chi connectivity index (χ2n) is 13.6. The molecule has 12 heteroatoms. The van der Waals surface area contributed by atoms with E-state index in [9.17, 15) is 9.90 Å². The number of hydrogen-bond donors (Lipinski definition) is 2. The molecule has 1 fully saturated rings. The molecule has 3 aliphatic rings. The number of ether oxygens (including phenoxy) is 1. The summed E-state index contributed by atoms with van der Waals surface area (Å²) in [5, 5.41) is 18.7. The first-order valence-corrected chi connectivity index (χ1v) is 15.8. The lowest BCUT2D eigenvalue weighted by atomic mass is 9.90. The maximum Gasteiger partial charge on any atom is 0.280 e. The predicted octanol–water partition coefficient (Wildman–Crippen LogP) is 3.57. The summed E-state index contributed by atoms with van der Waals surface area (Å²) in [7, 11) is 0. The molecule has 1 saturated heterocycles. The molecule has 0 spiro atoms. The normalized spacial score (nSPS) is 17.8. The number of aliphatic hydroxyl groups is 1. The molecule has 2 N–H and O–H groups in total. The van der Waals surface area contributed by atoms with Gasteiger partial charge in [-0.3, -0.25) is 14.3 Å². The Labute approximate surface area is 264 Å². The molecule has 8 heterocycles. The molecule has 6 aromatic rings. The van der Waals surface area contributed by atoms with Crippen molar-refractivity contribution in [1.29, 1.82) is 0 Å². The number of aromatic nitrogens is 7. The summed E-state index contributed by atoms with van der Waals surface area (Å²) in [6.45, 7) is 8.67.